The number of hydrogen-bond acceptors (Lipinski definition) is 2. The van der Waals surface area contributed by atoms with Crippen molar-refractivity contribution in [2.45, 2.75) is 26.9 Å². The van der Waals surface area contributed by atoms with Crippen molar-refractivity contribution in [3.63, 3.8) is 0 Å². The summed E-state index contributed by atoms with van der Waals surface area (Å²) in [5.74, 6) is -1.03. The molecule has 0 spiro atoms. The lowest BCUT2D eigenvalue weighted by molar-refractivity contribution is 0.495. The van der Waals surface area contributed by atoms with Crippen LogP contribution in [0.25, 0.3) is 0 Å². The Morgan fingerprint density at radius 3 is 2.85 bits per heavy atom. The van der Waals surface area contributed by atoms with E-state index in [0.717, 1.165) is 18.3 Å². The van der Waals surface area contributed by atoms with E-state index in [2.05, 4.69) is 24.1 Å². The van der Waals surface area contributed by atoms with Gasteiger partial charge in [-0.3, -0.25) is 0 Å². The monoisotopic (exact) mass is 279 g/mol. The number of benzene rings is 1. The van der Waals surface area contributed by atoms with Gasteiger partial charge in [0.25, 0.3) is 0 Å². The van der Waals surface area contributed by atoms with Crippen molar-refractivity contribution in [2.24, 2.45) is 5.92 Å². The van der Waals surface area contributed by atoms with Crippen molar-refractivity contribution >= 4 is 0 Å². The summed E-state index contributed by atoms with van der Waals surface area (Å²) in [7, 11) is 0. The van der Waals surface area contributed by atoms with Gasteiger partial charge < -0.3 is 9.88 Å². The summed E-state index contributed by atoms with van der Waals surface area (Å²) < 4.78 is 28.4. The predicted octanol–water partition coefficient (Wildman–Crippen LogP) is 2.96. The standard InChI is InChI=1S/C15H19F2N3/c1-11(2)6-18-7-13-9-20(10-19-13)8-12-4-3-5-14(16)15(12)17/h3-5,9-11,18H,6-8H2,1-2H3. The number of hydrogen-bond donors (Lipinski definition) is 1. The second-order valence-corrected chi connectivity index (χ2v) is 5.28. The van der Waals surface area contributed by atoms with Gasteiger partial charge in [-0.15, -0.1) is 0 Å². The summed E-state index contributed by atoms with van der Waals surface area (Å²) in [6, 6.07) is 4.21. The van der Waals surface area contributed by atoms with Crippen LogP contribution in [-0.2, 0) is 13.1 Å². The molecule has 5 heteroatoms. The Hall–Kier alpha value is -1.75. The first-order chi connectivity index (χ1) is 9.56. The smallest absolute Gasteiger partial charge is 0.163 e. The molecule has 0 aliphatic carbocycles. The molecule has 0 atom stereocenters. The van der Waals surface area contributed by atoms with Gasteiger partial charge in [0.15, 0.2) is 11.6 Å². The SMILES string of the molecule is CC(C)CNCc1cn(Cc2cccc(F)c2F)cn1. The zero-order chi connectivity index (χ0) is 14.5. The Kier molecular flexibility index (Phi) is 4.84. The van der Waals surface area contributed by atoms with Crippen LogP contribution < -0.4 is 5.32 Å². The molecule has 0 fully saturated rings. The highest BCUT2D eigenvalue weighted by Crippen LogP contribution is 2.13. The van der Waals surface area contributed by atoms with Crippen molar-refractivity contribution in [1.29, 1.82) is 0 Å². The van der Waals surface area contributed by atoms with E-state index in [9.17, 15) is 8.78 Å². The first-order valence-electron chi connectivity index (χ1n) is 6.70. The average Bonchev–Trinajstić information content (AvgIpc) is 2.82. The van der Waals surface area contributed by atoms with Crippen LogP contribution in [0.3, 0.4) is 0 Å². The predicted molar refractivity (Wildman–Crippen MR) is 74.2 cm³/mol. The lowest BCUT2D eigenvalue weighted by atomic mass is 10.2. The molecule has 1 aromatic carbocycles. The molecule has 0 saturated carbocycles. The minimum absolute atomic E-state index is 0.279. The molecular formula is C15H19F2N3. The molecule has 1 aromatic heterocycles. The molecule has 0 amide bonds. The van der Waals surface area contributed by atoms with Gasteiger partial charge in [-0.25, -0.2) is 13.8 Å². The fourth-order valence-electron chi connectivity index (χ4n) is 1.94. The Bertz CT molecular complexity index is 564. The van der Waals surface area contributed by atoms with Crippen molar-refractivity contribution in [3.05, 3.63) is 53.6 Å². The van der Waals surface area contributed by atoms with Gasteiger partial charge >= 0.3 is 0 Å². The molecule has 0 saturated heterocycles. The number of nitrogens with zero attached hydrogens (tertiary/aromatic N) is 2. The number of rotatable bonds is 6. The Balaban J connectivity index is 1.97. The van der Waals surface area contributed by atoms with E-state index >= 15 is 0 Å². The number of halogens is 2. The van der Waals surface area contributed by atoms with E-state index in [1.807, 2.05) is 6.20 Å². The maximum atomic E-state index is 13.6. The molecule has 2 aromatic rings. The van der Waals surface area contributed by atoms with Crippen molar-refractivity contribution in [2.75, 3.05) is 6.54 Å². The molecule has 0 unspecified atom stereocenters. The third-order valence-corrected chi connectivity index (χ3v) is 2.93. The third kappa shape index (κ3) is 3.87. The zero-order valence-corrected chi connectivity index (χ0v) is 11.7. The molecule has 1 heterocycles. The van der Waals surface area contributed by atoms with Crippen LogP contribution in [0.5, 0.6) is 0 Å². The fourth-order valence-corrected chi connectivity index (χ4v) is 1.94. The summed E-state index contributed by atoms with van der Waals surface area (Å²) >= 11 is 0. The van der Waals surface area contributed by atoms with E-state index in [-0.39, 0.29) is 6.54 Å². The van der Waals surface area contributed by atoms with Gasteiger partial charge in [0, 0.05) is 18.3 Å². The van der Waals surface area contributed by atoms with Crippen LogP contribution in [0.1, 0.15) is 25.1 Å². The van der Waals surface area contributed by atoms with Crippen LogP contribution in [0, 0.1) is 17.6 Å². The van der Waals surface area contributed by atoms with Gasteiger partial charge in [0.1, 0.15) is 0 Å². The molecule has 1 N–H and O–H groups in total. The molecule has 0 aliphatic heterocycles. The molecular weight excluding hydrogens is 260 g/mol. The largest absolute Gasteiger partial charge is 0.333 e. The van der Waals surface area contributed by atoms with E-state index in [4.69, 9.17) is 0 Å². The second-order valence-electron chi connectivity index (χ2n) is 5.28. The molecule has 0 aliphatic rings. The normalized spacial score (nSPS) is 11.2. The molecule has 0 bridgehead atoms. The van der Waals surface area contributed by atoms with Crippen molar-refractivity contribution in [3.8, 4) is 0 Å². The highest BCUT2D eigenvalue weighted by Gasteiger charge is 2.08. The summed E-state index contributed by atoms with van der Waals surface area (Å²) in [6.45, 7) is 6.15. The van der Waals surface area contributed by atoms with E-state index in [1.165, 1.54) is 6.07 Å². The van der Waals surface area contributed by atoms with Crippen LogP contribution in [0.4, 0.5) is 8.78 Å². The van der Waals surface area contributed by atoms with Gasteiger partial charge in [-0.1, -0.05) is 26.0 Å². The minimum Gasteiger partial charge on any atom is -0.333 e. The number of nitrogens with one attached hydrogen (secondary N) is 1. The Labute approximate surface area is 117 Å². The maximum absolute atomic E-state index is 13.6. The fraction of sp³-hybridized carbons (Fsp3) is 0.400. The van der Waals surface area contributed by atoms with Crippen LogP contribution >= 0.6 is 0 Å². The van der Waals surface area contributed by atoms with Crippen molar-refractivity contribution in [1.82, 2.24) is 14.9 Å². The van der Waals surface area contributed by atoms with E-state index in [0.29, 0.717) is 18.0 Å². The topological polar surface area (TPSA) is 29.9 Å². The summed E-state index contributed by atoms with van der Waals surface area (Å²) in [5.41, 5.74) is 1.21. The Morgan fingerprint density at radius 2 is 2.10 bits per heavy atom. The van der Waals surface area contributed by atoms with Crippen LogP contribution in [0.2, 0.25) is 0 Å². The maximum Gasteiger partial charge on any atom is 0.163 e. The van der Waals surface area contributed by atoms with Crippen LogP contribution in [-0.4, -0.2) is 16.1 Å². The quantitative estimate of drug-likeness (QED) is 0.881. The highest BCUT2D eigenvalue weighted by atomic mass is 19.2. The first-order valence-corrected chi connectivity index (χ1v) is 6.70. The second kappa shape index (κ2) is 6.61. The molecule has 20 heavy (non-hydrogen) atoms. The minimum atomic E-state index is -0.818. The lowest BCUT2D eigenvalue weighted by Crippen LogP contribution is -2.19. The average molecular weight is 279 g/mol. The summed E-state index contributed by atoms with van der Waals surface area (Å²) in [5, 5.41) is 3.29. The molecule has 0 radical (unpaired) electrons. The van der Waals surface area contributed by atoms with Crippen molar-refractivity contribution < 1.29 is 8.78 Å². The third-order valence-electron chi connectivity index (χ3n) is 2.93. The van der Waals surface area contributed by atoms with Gasteiger partial charge in [0.05, 0.1) is 18.6 Å². The Morgan fingerprint density at radius 1 is 1.30 bits per heavy atom. The lowest BCUT2D eigenvalue weighted by Gasteiger charge is -2.05. The highest BCUT2D eigenvalue weighted by molar-refractivity contribution is 5.19. The van der Waals surface area contributed by atoms with E-state index in [1.54, 1.807) is 17.0 Å². The first kappa shape index (κ1) is 14.7. The summed E-state index contributed by atoms with van der Waals surface area (Å²) in [4.78, 5) is 4.25. The molecule has 3 nitrogen and oxygen atoms in total. The van der Waals surface area contributed by atoms with Gasteiger partial charge in [-0.2, -0.15) is 0 Å². The van der Waals surface area contributed by atoms with Gasteiger partial charge in [0.2, 0.25) is 0 Å². The van der Waals surface area contributed by atoms with Crippen LogP contribution in [0.15, 0.2) is 30.7 Å². The molecule has 108 valence electrons. The summed E-state index contributed by atoms with van der Waals surface area (Å²) in [6.07, 6.45) is 3.48. The zero-order valence-electron chi connectivity index (χ0n) is 11.7. The van der Waals surface area contributed by atoms with Gasteiger partial charge in [-0.05, 0) is 18.5 Å². The van der Waals surface area contributed by atoms with E-state index < -0.39 is 11.6 Å². The number of imidazole rings is 1. The number of aromatic nitrogens is 2. The molecule has 2 rings (SSSR count).